The number of aromatic nitrogens is 2. The number of nitrogens with zero attached hydrogens (tertiary/aromatic N) is 4. The molecule has 3 aromatic rings. The van der Waals surface area contributed by atoms with Gasteiger partial charge in [0, 0.05) is 45.5 Å². The van der Waals surface area contributed by atoms with Crippen molar-refractivity contribution in [2.75, 3.05) is 106 Å². The first kappa shape index (κ1) is 36.8. The molecule has 48 heavy (non-hydrogen) atoms. The fourth-order valence-electron chi connectivity index (χ4n) is 5.27. The molecule has 0 spiro atoms. The van der Waals surface area contributed by atoms with Gasteiger partial charge in [-0.1, -0.05) is 24.3 Å². The number of hydrogen-bond donors (Lipinski definition) is 1. The molecule has 0 amide bonds. The number of carbonyl (C=O) groups excluding carboxylic acids is 2. The van der Waals surface area contributed by atoms with Crippen molar-refractivity contribution >= 4 is 17.6 Å². The lowest BCUT2D eigenvalue weighted by atomic mass is 10.00. The number of methoxy groups -OCH3 is 2. The molecule has 1 saturated heterocycles. The molecule has 0 radical (unpaired) electrons. The van der Waals surface area contributed by atoms with E-state index < -0.39 is 11.9 Å². The summed E-state index contributed by atoms with van der Waals surface area (Å²) < 4.78 is 33.6. The number of esters is 2. The molecule has 1 fully saturated rings. The Hall–Kier alpha value is -3.98. The van der Waals surface area contributed by atoms with Crippen molar-refractivity contribution in [3.63, 3.8) is 0 Å². The van der Waals surface area contributed by atoms with Gasteiger partial charge in [-0.25, -0.2) is 19.6 Å². The fourth-order valence-corrected chi connectivity index (χ4v) is 5.27. The third-order valence-electron chi connectivity index (χ3n) is 7.81. The van der Waals surface area contributed by atoms with Crippen molar-refractivity contribution in [3.05, 3.63) is 89.0 Å². The molecule has 1 aliphatic rings. The van der Waals surface area contributed by atoms with E-state index in [0.29, 0.717) is 85.6 Å². The lowest BCUT2D eigenvalue weighted by Gasteiger charge is -2.32. The summed E-state index contributed by atoms with van der Waals surface area (Å²) in [6.45, 7) is 6.73. The summed E-state index contributed by atoms with van der Waals surface area (Å²) >= 11 is 0. The van der Waals surface area contributed by atoms with E-state index in [0.717, 1.165) is 22.6 Å². The summed E-state index contributed by atoms with van der Waals surface area (Å²) in [4.78, 5) is 37.9. The average molecular weight is 666 g/mol. The molecule has 1 unspecified atom stereocenters. The van der Waals surface area contributed by atoms with E-state index in [-0.39, 0.29) is 17.4 Å². The first-order valence-electron chi connectivity index (χ1n) is 16.2. The molecule has 3 heterocycles. The smallest absolute Gasteiger partial charge is 0.356 e. The molecule has 4 rings (SSSR count). The van der Waals surface area contributed by atoms with Crippen molar-refractivity contribution in [1.29, 1.82) is 0 Å². The molecule has 13 nitrogen and oxygen atoms in total. The zero-order valence-electron chi connectivity index (χ0n) is 28.1. The highest BCUT2D eigenvalue weighted by molar-refractivity contribution is 5.87. The standard InChI is InChI=1S/C35H47N5O8/c1-36-28-12-10-27(11-13-28)33(30-7-5-9-32(38-30)35(42)44-3)40-16-20-47-24-22-45-18-14-39(15-19-46-23-25-48-21-17-40)26-29-6-4-8-31(37-29)34(41)43-2/h4-13,33,36H,14-26H2,1-3H3. The SMILES string of the molecule is CNc1ccc(C(c2cccc(C(=O)OC)n2)N2CCOCCOCCN(Cc3cccc(C(=O)OC)n3)CCOCCOCC2)cc1. The molecular weight excluding hydrogens is 618 g/mol. The van der Waals surface area contributed by atoms with Crippen LogP contribution >= 0.6 is 0 Å². The predicted molar refractivity (Wildman–Crippen MR) is 179 cm³/mol. The van der Waals surface area contributed by atoms with E-state index in [1.807, 2.05) is 37.4 Å². The molecule has 1 atom stereocenters. The average Bonchev–Trinajstić information content (AvgIpc) is 3.12. The number of ether oxygens (including phenoxy) is 6. The van der Waals surface area contributed by atoms with Gasteiger partial charge in [0.05, 0.1) is 84.5 Å². The Bertz CT molecular complexity index is 1390. The molecule has 260 valence electrons. The third kappa shape index (κ3) is 11.6. The Labute approximate surface area is 282 Å². The maximum atomic E-state index is 12.4. The molecule has 1 aromatic carbocycles. The van der Waals surface area contributed by atoms with Gasteiger partial charge in [-0.15, -0.1) is 0 Å². The molecular formula is C35H47N5O8. The summed E-state index contributed by atoms with van der Waals surface area (Å²) in [6, 6.07) is 18.6. The van der Waals surface area contributed by atoms with E-state index >= 15 is 0 Å². The molecule has 13 heteroatoms. The Kier molecular flexibility index (Phi) is 15.7. The van der Waals surface area contributed by atoms with Crippen LogP contribution in [0.25, 0.3) is 0 Å². The van der Waals surface area contributed by atoms with Crippen molar-refractivity contribution in [2.45, 2.75) is 12.6 Å². The van der Waals surface area contributed by atoms with Crippen LogP contribution in [0.2, 0.25) is 0 Å². The van der Waals surface area contributed by atoms with Crippen LogP contribution in [0, 0.1) is 0 Å². The predicted octanol–water partition coefficient (Wildman–Crippen LogP) is 3.07. The fraction of sp³-hybridized carbons (Fsp3) is 0.486. The summed E-state index contributed by atoms with van der Waals surface area (Å²) in [5.41, 5.74) is 4.03. The second kappa shape index (κ2) is 20.4. The lowest BCUT2D eigenvalue weighted by Crippen LogP contribution is -2.36. The molecule has 0 bridgehead atoms. The second-order valence-electron chi connectivity index (χ2n) is 11.0. The summed E-state index contributed by atoms with van der Waals surface area (Å²) in [7, 11) is 4.58. The van der Waals surface area contributed by atoms with Crippen LogP contribution in [0.5, 0.6) is 0 Å². The third-order valence-corrected chi connectivity index (χ3v) is 7.81. The van der Waals surface area contributed by atoms with E-state index in [1.54, 1.807) is 18.2 Å². The largest absolute Gasteiger partial charge is 0.464 e. The highest BCUT2D eigenvalue weighted by atomic mass is 16.5. The Morgan fingerprint density at radius 2 is 1.23 bits per heavy atom. The van der Waals surface area contributed by atoms with Gasteiger partial charge < -0.3 is 33.7 Å². The number of nitrogens with one attached hydrogen (secondary N) is 1. The van der Waals surface area contributed by atoms with E-state index in [4.69, 9.17) is 33.4 Å². The number of hydrogen-bond acceptors (Lipinski definition) is 13. The number of benzene rings is 1. The van der Waals surface area contributed by atoms with Gasteiger partial charge in [-0.05, 0) is 42.0 Å². The van der Waals surface area contributed by atoms with Gasteiger partial charge in [0.15, 0.2) is 0 Å². The number of carbonyl (C=O) groups is 2. The summed E-state index contributed by atoms with van der Waals surface area (Å²) in [5, 5.41) is 3.17. The molecule has 2 aromatic heterocycles. The van der Waals surface area contributed by atoms with Crippen LogP contribution in [-0.4, -0.2) is 132 Å². The summed E-state index contributed by atoms with van der Waals surface area (Å²) in [5.74, 6) is -0.949. The maximum Gasteiger partial charge on any atom is 0.356 e. The van der Waals surface area contributed by atoms with Crippen LogP contribution in [0.1, 0.15) is 44.0 Å². The lowest BCUT2D eigenvalue weighted by molar-refractivity contribution is 0.00330. The van der Waals surface area contributed by atoms with Crippen LogP contribution in [0.3, 0.4) is 0 Å². The van der Waals surface area contributed by atoms with Crippen LogP contribution in [0.15, 0.2) is 60.7 Å². The number of rotatable bonds is 8. The molecule has 0 aliphatic carbocycles. The van der Waals surface area contributed by atoms with Gasteiger partial charge in [-0.2, -0.15) is 0 Å². The van der Waals surface area contributed by atoms with Crippen molar-refractivity contribution in [1.82, 2.24) is 19.8 Å². The van der Waals surface area contributed by atoms with Gasteiger partial charge in [0.1, 0.15) is 11.4 Å². The normalized spacial score (nSPS) is 17.4. The maximum absolute atomic E-state index is 12.4. The molecule has 1 N–H and O–H groups in total. The minimum absolute atomic E-state index is 0.250. The Morgan fingerprint density at radius 3 is 1.77 bits per heavy atom. The first-order valence-corrected chi connectivity index (χ1v) is 16.2. The van der Waals surface area contributed by atoms with Crippen LogP contribution < -0.4 is 5.32 Å². The zero-order valence-corrected chi connectivity index (χ0v) is 28.1. The quantitative estimate of drug-likeness (QED) is 0.354. The second-order valence-corrected chi connectivity index (χ2v) is 11.0. The van der Waals surface area contributed by atoms with E-state index in [1.165, 1.54) is 14.2 Å². The zero-order chi connectivity index (χ0) is 34.0. The van der Waals surface area contributed by atoms with E-state index in [9.17, 15) is 9.59 Å². The van der Waals surface area contributed by atoms with Crippen molar-refractivity contribution in [2.24, 2.45) is 0 Å². The van der Waals surface area contributed by atoms with Crippen molar-refractivity contribution in [3.8, 4) is 0 Å². The number of pyridine rings is 2. The minimum Gasteiger partial charge on any atom is -0.464 e. The molecule has 0 saturated carbocycles. The molecule has 1 aliphatic heterocycles. The van der Waals surface area contributed by atoms with Crippen LogP contribution in [0.4, 0.5) is 5.69 Å². The van der Waals surface area contributed by atoms with Crippen molar-refractivity contribution < 1.29 is 38.0 Å². The summed E-state index contributed by atoms with van der Waals surface area (Å²) in [6.07, 6.45) is 0. The minimum atomic E-state index is -0.486. The van der Waals surface area contributed by atoms with Crippen LogP contribution in [-0.2, 0) is 35.0 Å². The van der Waals surface area contributed by atoms with Gasteiger partial charge in [0.25, 0.3) is 0 Å². The topological polar surface area (TPSA) is 134 Å². The highest BCUT2D eigenvalue weighted by Crippen LogP contribution is 2.29. The van der Waals surface area contributed by atoms with E-state index in [2.05, 4.69) is 32.2 Å². The highest BCUT2D eigenvalue weighted by Gasteiger charge is 2.25. The Balaban J connectivity index is 1.41. The van der Waals surface area contributed by atoms with Gasteiger partial charge in [0.2, 0.25) is 0 Å². The van der Waals surface area contributed by atoms with Gasteiger partial charge >= 0.3 is 11.9 Å². The first-order chi connectivity index (χ1) is 23.5. The number of anilines is 1. The monoisotopic (exact) mass is 665 g/mol. The Morgan fingerprint density at radius 1 is 0.708 bits per heavy atom. The van der Waals surface area contributed by atoms with Gasteiger partial charge in [-0.3, -0.25) is 9.80 Å².